The molecule has 4 heterocycles. The lowest BCUT2D eigenvalue weighted by Gasteiger charge is -2.39. The summed E-state index contributed by atoms with van der Waals surface area (Å²) in [7, 11) is 0. The number of aromatic nitrogens is 4. The molecule has 2 aromatic heterocycles. The standard InChI is InChI=1S/C26H30ClF3N6O/c27-17-6-7-20-19(15-17)18-8-9-36(21(22(18)31-20)14-16-4-2-1-3-5-16)25-33-23(26(28,29)30)32-24(34-25)35-10-12-37-13-11-35/h6-7,15-16,21,31H,1-5,8-14H2/t21-/m0/s1. The molecule has 1 aliphatic carbocycles. The number of aromatic amines is 1. The normalized spacial score (nSPS) is 21.5. The first-order chi connectivity index (χ1) is 17.9. The van der Waals surface area contributed by atoms with Crippen molar-refractivity contribution < 1.29 is 17.9 Å². The van der Waals surface area contributed by atoms with Crippen LogP contribution in [0.4, 0.5) is 25.1 Å². The Morgan fingerprint density at radius 2 is 1.76 bits per heavy atom. The van der Waals surface area contributed by atoms with Gasteiger partial charge in [-0.25, -0.2) is 0 Å². The van der Waals surface area contributed by atoms with E-state index in [0.29, 0.717) is 50.2 Å². The van der Waals surface area contributed by atoms with Crippen LogP contribution >= 0.6 is 11.6 Å². The molecule has 37 heavy (non-hydrogen) atoms. The molecule has 0 amide bonds. The van der Waals surface area contributed by atoms with Crippen molar-refractivity contribution in [3.8, 4) is 0 Å². The summed E-state index contributed by atoms with van der Waals surface area (Å²) in [6.45, 7) is 2.26. The molecule has 11 heteroatoms. The van der Waals surface area contributed by atoms with Gasteiger partial charge in [-0.15, -0.1) is 0 Å². The van der Waals surface area contributed by atoms with E-state index in [9.17, 15) is 13.2 Å². The van der Waals surface area contributed by atoms with Crippen LogP contribution in [0.2, 0.25) is 5.02 Å². The molecule has 2 fully saturated rings. The fourth-order valence-corrected chi connectivity index (χ4v) is 6.25. The Kier molecular flexibility index (Phi) is 6.65. The molecule has 2 aliphatic heterocycles. The third kappa shape index (κ3) is 4.97. The zero-order valence-electron chi connectivity index (χ0n) is 20.5. The lowest BCUT2D eigenvalue weighted by molar-refractivity contribution is -0.145. The quantitative estimate of drug-likeness (QED) is 0.447. The number of nitrogens with zero attached hydrogens (tertiary/aromatic N) is 5. The van der Waals surface area contributed by atoms with Gasteiger partial charge in [0.25, 0.3) is 0 Å². The predicted molar refractivity (Wildman–Crippen MR) is 136 cm³/mol. The van der Waals surface area contributed by atoms with Crippen LogP contribution in [0.5, 0.6) is 0 Å². The second-order valence-corrected chi connectivity index (χ2v) is 10.7. The first kappa shape index (κ1) is 24.7. The van der Waals surface area contributed by atoms with E-state index < -0.39 is 12.0 Å². The van der Waals surface area contributed by atoms with Crippen LogP contribution < -0.4 is 9.80 Å². The summed E-state index contributed by atoms with van der Waals surface area (Å²) < 4.78 is 47.2. The third-order valence-electron chi connectivity index (χ3n) is 7.91. The van der Waals surface area contributed by atoms with Crippen LogP contribution in [-0.2, 0) is 17.3 Å². The molecular weight excluding hydrogens is 505 g/mol. The van der Waals surface area contributed by atoms with E-state index in [1.54, 1.807) is 4.90 Å². The third-order valence-corrected chi connectivity index (χ3v) is 8.15. The number of ether oxygens (including phenoxy) is 1. The van der Waals surface area contributed by atoms with Crippen molar-refractivity contribution in [2.75, 3.05) is 42.6 Å². The summed E-state index contributed by atoms with van der Waals surface area (Å²) >= 11 is 6.31. The number of alkyl halides is 3. The van der Waals surface area contributed by atoms with Gasteiger partial charge in [0.2, 0.25) is 17.7 Å². The lowest BCUT2D eigenvalue weighted by Crippen LogP contribution is -2.40. The summed E-state index contributed by atoms with van der Waals surface area (Å²) in [6.07, 6.45) is 2.73. The van der Waals surface area contributed by atoms with Crippen LogP contribution in [-0.4, -0.2) is 52.8 Å². The number of H-pyrrole nitrogens is 1. The number of rotatable bonds is 4. The molecule has 1 aromatic carbocycles. The fraction of sp³-hybridized carbons (Fsp3) is 0.577. The average Bonchev–Trinajstić information content (AvgIpc) is 3.27. The molecule has 0 bridgehead atoms. The highest BCUT2D eigenvalue weighted by Crippen LogP contribution is 2.43. The van der Waals surface area contributed by atoms with E-state index in [-0.39, 0.29) is 17.9 Å². The molecule has 6 rings (SSSR count). The summed E-state index contributed by atoms with van der Waals surface area (Å²) in [5.74, 6) is -0.493. The zero-order chi connectivity index (χ0) is 25.6. The summed E-state index contributed by atoms with van der Waals surface area (Å²) in [5, 5.41) is 1.75. The molecule has 0 radical (unpaired) electrons. The van der Waals surface area contributed by atoms with E-state index in [2.05, 4.69) is 19.9 Å². The maximum atomic E-state index is 13.9. The maximum Gasteiger partial charge on any atom is 0.451 e. The molecule has 198 valence electrons. The van der Waals surface area contributed by atoms with Crippen LogP contribution in [0.25, 0.3) is 10.9 Å². The number of benzene rings is 1. The minimum Gasteiger partial charge on any atom is -0.378 e. The SMILES string of the molecule is FC(F)(F)c1nc(N2CCOCC2)nc(N2CCc3c([nH]c4ccc(Cl)cc34)[C@@H]2CC2CCCCC2)n1. The first-order valence-corrected chi connectivity index (χ1v) is 13.5. The Morgan fingerprint density at radius 1 is 1.00 bits per heavy atom. The van der Waals surface area contributed by atoms with Crippen molar-refractivity contribution in [3.63, 3.8) is 0 Å². The molecule has 1 atom stereocenters. The second kappa shape index (κ2) is 9.94. The van der Waals surface area contributed by atoms with Gasteiger partial charge in [-0.2, -0.15) is 28.1 Å². The molecular formula is C26H30ClF3N6O. The van der Waals surface area contributed by atoms with Gasteiger partial charge in [-0.1, -0.05) is 43.7 Å². The van der Waals surface area contributed by atoms with Gasteiger partial charge >= 0.3 is 6.18 Å². The van der Waals surface area contributed by atoms with Crippen molar-refractivity contribution in [2.24, 2.45) is 5.92 Å². The smallest absolute Gasteiger partial charge is 0.378 e. The van der Waals surface area contributed by atoms with E-state index in [1.807, 2.05) is 23.1 Å². The van der Waals surface area contributed by atoms with E-state index >= 15 is 0 Å². The Balaban J connectivity index is 1.44. The molecule has 1 saturated carbocycles. The van der Waals surface area contributed by atoms with Gasteiger partial charge < -0.3 is 19.5 Å². The zero-order valence-corrected chi connectivity index (χ0v) is 21.3. The molecule has 1 saturated heterocycles. The van der Waals surface area contributed by atoms with Gasteiger partial charge in [-0.05, 0) is 42.5 Å². The summed E-state index contributed by atoms with van der Waals surface area (Å²) in [4.78, 5) is 19.7. The second-order valence-electron chi connectivity index (χ2n) is 10.3. The van der Waals surface area contributed by atoms with Crippen LogP contribution in [0, 0.1) is 5.92 Å². The molecule has 7 nitrogen and oxygen atoms in total. The van der Waals surface area contributed by atoms with Gasteiger partial charge in [0.15, 0.2) is 0 Å². The van der Waals surface area contributed by atoms with Crippen molar-refractivity contribution in [3.05, 3.63) is 40.3 Å². The van der Waals surface area contributed by atoms with Crippen molar-refractivity contribution in [1.29, 1.82) is 0 Å². The fourth-order valence-electron chi connectivity index (χ4n) is 6.08. The molecule has 0 spiro atoms. The van der Waals surface area contributed by atoms with Gasteiger partial charge in [0.05, 0.1) is 19.3 Å². The average molecular weight is 535 g/mol. The van der Waals surface area contributed by atoms with E-state index in [1.165, 1.54) is 24.8 Å². The predicted octanol–water partition coefficient (Wildman–Crippen LogP) is 5.94. The highest BCUT2D eigenvalue weighted by Gasteiger charge is 2.39. The number of morpholine rings is 1. The molecule has 3 aromatic rings. The highest BCUT2D eigenvalue weighted by atomic mass is 35.5. The first-order valence-electron chi connectivity index (χ1n) is 13.1. The summed E-state index contributed by atoms with van der Waals surface area (Å²) in [6, 6.07) is 5.65. The van der Waals surface area contributed by atoms with Crippen molar-refractivity contribution in [1.82, 2.24) is 19.9 Å². The van der Waals surface area contributed by atoms with Crippen molar-refractivity contribution >= 4 is 34.4 Å². The monoisotopic (exact) mass is 534 g/mol. The Hall–Kier alpha value is -2.59. The van der Waals surface area contributed by atoms with Crippen molar-refractivity contribution in [2.45, 2.75) is 57.2 Å². The van der Waals surface area contributed by atoms with Crippen LogP contribution in [0.1, 0.15) is 61.6 Å². The number of fused-ring (bicyclic) bond motifs is 3. The number of nitrogens with one attached hydrogen (secondary N) is 1. The Bertz CT molecular complexity index is 1270. The van der Waals surface area contributed by atoms with Crippen LogP contribution in [0.3, 0.4) is 0 Å². The highest BCUT2D eigenvalue weighted by molar-refractivity contribution is 6.31. The number of anilines is 2. The largest absolute Gasteiger partial charge is 0.451 e. The Labute approximate surface area is 218 Å². The van der Waals surface area contributed by atoms with Gasteiger partial charge in [-0.3, -0.25) is 0 Å². The minimum absolute atomic E-state index is 0.0614. The molecule has 3 aliphatic rings. The maximum absolute atomic E-state index is 13.9. The molecule has 0 unspecified atom stereocenters. The topological polar surface area (TPSA) is 70.2 Å². The lowest BCUT2D eigenvalue weighted by atomic mass is 9.82. The minimum atomic E-state index is -4.67. The van der Waals surface area contributed by atoms with Gasteiger partial charge in [0, 0.05) is 41.3 Å². The number of halogens is 4. The molecule has 1 N–H and O–H groups in total. The van der Waals surface area contributed by atoms with Crippen LogP contribution in [0.15, 0.2) is 18.2 Å². The number of hydrogen-bond acceptors (Lipinski definition) is 6. The number of hydrogen-bond donors (Lipinski definition) is 1. The van der Waals surface area contributed by atoms with Gasteiger partial charge in [0.1, 0.15) is 0 Å². The van der Waals surface area contributed by atoms with E-state index in [0.717, 1.165) is 35.9 Å². The Morgan fingerprint density at radius 3 is 2.51 bits per heavy atom. The summed E-state index contributed by atoms with van der Waals surface area (Å²) in [5.41, 5.74) is 3.22. The van der Waals surface area contributed by atoms with E-state index in [4.69, 9.17) is 16.3 Å².